The fourth-order valence-corrected chi connectivity index (χ4v) is 3.94. The lowest BCUT2D eigenvalue weighted by Crippen LogP contribution is -2.42. The van der Waals surface area contributed by atoms with Gasteiger partial charge in [-0.15, -0.1) is 0 Å². The van der Waals surface area contributed by atoms with E-state index >= 15 is 0 Å². The maximum atomic E-state index is 6.69. The van der Waals surface area contributed by atoms with Crippen LogP contribution in [0.15, 0.2) is 0 Å². The van der Waals surface area contributed by atoms with Gasteiger partial charge in [0.1, 0.15) is 0 Å². The summed E-state index contributed by atoms with van der Waals surface area (Å²) >= 11 is 0. The minimum absolute atomic E-state index is 0.692. The quantitative estimate of drug-likeness (QED) is 0.292. The van der Waals surface area contributed by atoms with Crippen LogP contribution in [0.4, 0.5) is 0 Å². The number of nitrogens with zero attached hydrogens (tertiary/aromatic N) is 1. The van der Waals surface area contributed by atoms with Crippen molar-refractivity contribution in [1.29, 1.82) is 0 Å². The Bertz CT molecular complexity index is 231. The normalized spacial score (nSPS) is 11.5. The molecule has 0 unspecified atom stereocenters. The average Bonchev–Trinajstić information content (AvgIpc) is 2.46. The zero-order chi connectivity index (χ0) is 14.4. The molecule has 0 saturated carbocycles. The van der Waals surface area contributed by atoms with E-state index in [1.54, 1.807) is 21.3 Å². The molecule has 19 heavy (non-hydrogen) atoms. The van der Waals surface area contributed by atoms with Gasteiger partial charge in [0.2, 0.25) is 6.54 Å². The van der Waals surface area contributed by atoms with Gasteiger partial charge in [-0.05, 0) is 12.8 Å². The van der Waals surface area contributed by atoms with Crippen molar-refractivity contribution in [2.75, 3.05) is 27.9 Å². The third-order valence-electron chi connectivity index (χ3n) is 3.44. The summed E-state index contributed by atoms with van der Waals surface area (Å²) in [4.78, 5) is 3.36. The molecule has 0 spiro atoms. The smallest absolute Gasteiger partial charge is 0.377 e. The third-order valence-corrected chi connectivity index (χ3v) is 6.27. The lowest BCUT2D eigenvalue weighted by molar-refractivity contribution is 0.122. The van der Waals surface area contributed by atoms with Crippen LogP contribution < -0.4 is 0 Å². The first kappa shape index (κ1) is 18.6. The van der Waals surface area contributed by atoms with Crippen molar-refractivity contribution in [3.8, 4) is 0 Å². The van der Waals surface area contributed by atoms with E-state index in [1.165, 1.54) is 38.5 Å². The van der Waals surface area contributed by atoms with Gasteiger partial charge in [0, 0.05) is 33.8 Å². The minimum Gasteiger partial charge on any atom is -0.377 e. The molecule has 5 heteroatoms. The Hall–Kier alpha value is -0.413. The van der Waals surface area contributed by atoms with E-state index in [0.29, 0.717) is 6.54 Å². The van der Waals surface area contributed by atoms with Gasteiger partial charge in [0.05, 0.1) is 0 Å². The molecule has 0 fully saturated rings. The zero-order valence-electron chi connectivity index (χ0n) is 12.7. The van der Waals surface area contributed by atoms with Crippen molar-refractivity contribution < 1.29 is 13.3 Å². The Kier molecular flexibility index (Phi) is 12.3. The molecule has 0 aromatic carbocycles. The summed E-state index contributed by atoms with van der Waals surface area (Å²) in [5.74, 6) is 0. The van der Waals surface area contributed by atoms with Crippen molar-refractivity contribution in [1.82, 2.24) is 0 Å². The van der Waals surface area contributed by atoms with Crippen molar-refractivity contribution in [3.63, 3.8) is 0 Å². The molecule has 0 heterocycles. The van der Waals surface area contributed by atoms with E-state index in [0.717, 1.165) is 18.9 Å². The van der Waals surface area contributed by atoms with E-state index in [9.17, 15) is 0 Å². The van der Waals surface area contributed by atoms with Gasteiger partial charge >= 0.3 is 8.80 Å². The number of hydrogen-bond acceptors (Lipinski definition) is 3. The molecule has 112 valence electrons. The summed E-state index contributed by atoms with van der Waals surface area (Å²) in [6, 6.07) is 0.904. The van der Waals surface area contributed by atoms with Crippen LogP contribution in [0.5, 0.6) is 0 Å². The second kappa shape index (κ2) is 12.6. The molecule has 0 saturated heterocycles. The molecular weight excluding hydrogens is 258 g/mol. The van der Waals surface area contributed by atoms with Crippen LogP contribution in [-0.2, 0) is 13.3 Å². The molecule has 0 atom stereocenters. The van der Waals surface area contributed by atoms with Crippen molar-refractivity contribution >= 4 is 8.80 Å². The number of unbranched alkanes of at least 4 members (excludes halogenated alkanes) is 7. The molecule has 0 aromatic heterocycles. The van der Waals surface area contributed by atoms with Gasteiger partial charge in [-0.25, -0.2) is 6.57 Å². The fraction of sp³-hybridized carbons (Fsp3) is 0.929. The summed E-state index contributed by atoms with van der Waals surface area (Å²) in [6.45, 7) is 7.38. The molecule has 0 aliphatic heterocycles. The highest BCUT2D eigenvalue weighted by Crippen LogP contribution is 2.18. The fourth-order valence-electron chi connectivity index (χ4n) is 2.15. The summed E-state index contributed by atoms with van der Waals surface area (Å²) in [5, 5.41) is 0. The second-order valence-corrected chi connectivity index (χ2v) is 7.85. The molecule has 0 bridgehead atoms. The Morgan fingerprint density at radius 1 is 0.737 bits per heavy atom. The SMILES string of the molecule is [C-]#[N+]CCCCCCCCCC[Si](OC)(OC)OC. The molecule has 0 radical (unpaired) electrons. The van der Waals surface area contributed by atoms with Crippen LogP contribution in [0.3, 0.4) is 0 Å². The molecule has 0 N–H and O–H groups in total. The second-order valence-electron chi connectivity index (χ2n) is 4.76. The highest BCUT2D eigenvalue weighted by atomic mass is 28.4. The Balaban J connectivity index is 3.38. The highest BCUT2D eigenvalue weighted by Gasteiger charge is 2.36. The van der Waals surface area contributed by atoms with Crippen molar-refractivity contribution in [2.24, 2.45) is 0 Å². The molecule has 0 aliphatic rings. The van der Waals surface area contributed by atoms with Crippen molar-refractivity contribution in [3.05, 3.63) is 11.4 Å². The number of rotatable bonds is 13. The largest absolute Gasteiger partial charge is 0.500 e. The first-order valence-corrected chi connectivity index (χ1v) is 9.16. The monoisotopic (exact) mass is 287 g/mol. The van der Waals surface area contributed by atoms with Crippen molar-refractivity contribution in [2.45, 2.75) is 57.4 Å². The van der Waals surface area contributed by atoms with E-state index in [2.05, 4.69) is 4.85 Å². The molecular formula is C14H29NO3Si. The summed E-state index contributed by atoms with van der Waals surface area (Å²) in [6.07, 6.45) is 9.71. The van der Waals surface area contributed by atoms with Gasteiger partial charge in [0.15, 0.2) is 0 Å². The lowest BCUT2D eigenvalue weighted by atomic mass is 10.1. The van der Waals surface area contributed by atoms with Crippen LogP contribution in [0, 0.1) is 6.57 Å². The summed E-state index contributed by atoms with van der Waals surface area (Å²) in [5.41, 5.74) is 0. The Morgan fingerprint density at radius 3 is 1.58 bits per heavy atom. The Morgan fingerprint density at radius 2 is 1.16 bits per heavy atom. The minimum atomic E-state index is -2.34. The van der Waals surface area contributed by atoms with E-state index in [4.69, 9.17) is 19.9 Å². The van der Waals surface area contributed by atoms with Gasteiger partial charge in [-0.1, -0.05) is 32.1 Å². The number of hydrogen-bond donors (Lipinski definition) is 0. The topological polar surface area (TPSA) is 32.0 Å². The Labute approximate surface area is 119 Å². The molecule has 0 rings (SSSR count). The third kappa shape index (κ3) is 9.17. The summed E-state index contributed by atoms with van der Waals surface area (Å²) in [7, 11) is 2.67. The first-order valence-electron chi connectivity index (χ1n) is 7.23. The van der Waals surface area contributed by atoms with E-state index in [1.807, 2.05) is 0 Å². The highest BCUT2D eigenvalue weighted by molar-refractivity contribution is 6.60. The van der Waals surface area contributed by atoms with Gasteiger partial charge in [0.25, 0.3) is 0 Å². The van der Waals surface area contributed by atoms with Gasteiger partial charge in [-0.2, -0.15) is 0 Å². The van der Waals surface area contributed by atoms with Crippen LogP contribution in [-0.4, -0.2) is 36.7 Å². The van der Waals surface area contributed by atoms with E-state index in [-0.39, 0.29) is 0 Å². The average molecular weight is 287 g/mol. The maximum Gasteiger partial charge on any atom is 0.500 e. The van der Waals surface area contributed by atoms with E-state index < -0.39 is 8.80 Å². The summed E-state index contributed by atoms with van der Waals surface area (Å²) < 4.78 is 16.2. The van der Waals surface area contributed by atoms with Gasteiger partial charge in [-0.3, -0.25) is 0 Å². The van der Waals surface area contributed by atoms with Gasteiger partial charge < -0.3 is 18.1 Å². The molecule has 0 amide bonds. The first-order chi connectivity index (χ1) is 9.24. The van der Waals surface area contributed by atoms with Crippen LogP contribution in [0.2, 0.25) is 6.04 Å². The predicted molar refractivity (Wildman–Crippen MR) is 80.0 cm³/mol. The predicted octanol–water partition coefficient (Wildman–Crippen LogP) is 3.90. The van der Waals surface area contributed by atoms with Crippen LogP contribution >= 0.6 is 0 Å². The molecule has 0 aliphatic carbocycles. The lowest BCUT2D eigenvalue weighted by Gasteiger charge is -2.24. The molecule has 4 nitrogen and oxygen atoms in total. The zero-order valence-corrected chi connectivity index (χ0v) is 13.7. The standard InChI is InChI=1S/C14H29NO3Si/c1-15-13-11-9-7-5-6-8-10-12-14-19(16-2,17-3)18-4/h5-14H2,2-4H3. The maximum absolute atomic E-state index is 6.69. The molecule has 0 aromatic rings. The van der Waals surface area contributed by atoms with Crippen LogP contribution in [0.1, 0.15) is 51.4 Å². The van der Waals surface area contributed by atoms with Crippen LogP contribution in [0.25, 0.3) is 4.85 Å².